The first-order valence-electron chi connectivity index (χ1n) is 9.65. The highest BCUT2D eigenvalue weighted by atomic mass is 16.2. The van der Waals surface area contributed by atoms with Crippen molar-refractivity contribution in [3.63, 3.8) is 0 Å². The number of benzene rings is 2. The maximum atomic E-state index is 13.2. The van der Waals surface area contributed by atoms with Gasteiger partial charge in [-0.25, -0.2) is 4.98 Å². The molecule has 6 heteroatoms. The van der Waals surface area contributed by atoms with Crippen LogP contribution in [0, 0.1) is 0 Å². The summed E-state index contributed by atoms with van der Waals surface area (Å²) in [5.74, 6) is 0.663. The van der Waals surface area contributed by atoms with Gasteiger partial charge in [0.15, 0.2) is 0 Å². The number of nitrogens with one attached hydrogen (secondary N) is 1. The summed E-state index contributed by atoms with van der Waals surface area (Å²) >= 11 is 0. The van der Waals surface area contributed by atoms with E-state index in [-0.39, 0.29) is 11.5 Å². The highest BCUT2D eigenvalue weighted by molar-refractivity contribution is 5.83. The molecule has 0 spiro atoms. The Morgan fingerprint density at radius 3 is 2.54 bits per heavy atom. The summed E-state index contributed by atoms with van der Waals surface area (Å²) < 4.78 is 0. The molecule has 1 fully saturated rings. The molecule has 144 valence electrons. The Morgan fingerprint density at radius 2 is 1.79 bits per heavy atom. The van der Waals surface area contributed by atoms with Crippen LogP contribution in [0.5, 0.6) is 0 Å². The normalized spacial score (nSPS) is 15.3. The molecule has 6 nitrogen and oxygen atoms in total. The summed E-state index contributed by atoms with van der Waals surface area (Å²) in [6.45, 7) is 1.99. The number of likely N-dealkylation sites (tertiary alicyclic amines) is 1. The summed E-state index contributed by atoms with van der Waals surface area (Å²) in [6.07, 6.45) is 2.10. The summed E-state index contributed by atoms with van der Waals surface area (Å²) in [6, 6.07) is 16.7. The number of hydrogen-bond acceptors (Lipinski definition) is 4. The van der Waals surface area contributed by atoms with Gasteiger partial charge in [-0.2, -0.15) is 0 Å². The Balaban J connectivity index is 1.65. The number of hydrogen-bond donors (Lipinski definition) is 1. The van der Waals surface area contributed by atoms with E-state index in [9.17, 15) is 9.59 Å². The molecule has 4 rings (SSSR count). The molecule has 1 aromatic heterocycles. The molecule has 1 amide bonds. The number of aromatic amines is 1. The van der Waals surface area contributed by atoms with E-state index in [1.807, 2.05) is 65.4 Å². The molecule has 0 saturated carbocycles. The lowest BCUT2D eigenvalue weighted by atomic mass is 10.0. The van der Waals surface area contributed by atoms with Crippen LogP contribution < -0.4 is 5.56 Å². The fourth-order valence-corrected chi connectivity index (χ4v) is 3.87. The molecule has 1 aliphatic rings. The molecule has 2 heterocycles. The maximum absolute atomic E-state index is 13.2. The molecule has 1 saturated heterocycles. The van der Waals surface area contributed by atoms with E-state index in [1.54, 1.807) is 6.07 Å². The third-order valence-corrected chi connectivity index (χ3v) is 5.27. The summed E-state index contributed by atoms with van der Waals surface area (Å²) in [5, 5.41) is 0.571. The van der Waals surface area contributed by atoms with E-state index >= 15 is 0 Å². The number of rotatable bonds is 5. The quantitative estimate of drug-likeness (QED) is 0.743. The van der Waals surface area contributed by atoms with E-state index in [2.05, 4.69) is 9.97 Å². The number of carbonyl (C=O) groups excluding carboxylic acids is 1. The van der Waals surface area contributed by atoms with Gasteiger partial charge in [0.25, 0.3) is 5.56 Å². The van der Waals surface area contributed by atoms with Crippen molar-refractivity contribution in [3.8, 4) is 0 Å². The first kappa shape index (κ1) is 18.4. The van der Waals surface area contributed by atoms with Crippen LogP contribution in [0.1, 0.15) is 30.3 Å². The molecule has 28 heavy (non-hydrogen) atoms. The molecule has 1 aliphatic heterocycles. The lowest BCUT2D eigenvalue weighted by Gasteiger charge is -2.30. The van der Waals surface area contributed by atoms with Crippen LogP contribution in [-0.2, 0) is 11.3 Å². The zero-order chi connectivity index (χ0) is 19.5. The smallest absolute Gasteiger partial charge is 0.258 e. The van der Waals surface area contributed by atoms with Crippen molar-refractivity contribution in [2.75, 3.05) is 20.1 Å². The third-order valence-electron chi connectivity index (χ3n) is 5.27. The summed E-state index contributed by atoms with van der Waals surface area (Å²) in [7, 11) is 1.90. The Hall–Kier alpha value is -2.99. The highest BCUT2D eigenvalue weighted by Gasteiger charge is 2.31. The van der Waals surface area contributed by atoms with Crippen molar-refractivity contribution < 1.29 is 4.79 Å². The zero-order valence-corrected chi connectivity index (χ0v) is 16.0. The van der Waals surface area contributed by atoms with Crippen molar-refractivity contribution in [1.82, 2.24) is 19.8 Å². The number of para-hydroxylation sites is 1. The number of likely N-dealkylation sites (N-methyl/N-ethyl adjacent to an activating group) is 1. The summed E-state index contributed by atoms with van der Waals surface area (Å²) in [4.78, 5) is 37.0. The van der Waals surface area contributed by atoms with Crippen LogP contribution in [0.25, 0.3) is 10.9 Å². The van der Waals surface area contributed by atoms with E-state index in [1.165, 1.54) is 0 Å². The molecule has 0 aliphatic carbocycles. The van der Waals surface area contributed by atoms with Gasteiger partial charge in [0, 0.05) is 13.1 Å². The minimum atomic E-state index is -0.406. The van der Waals surface area contributed by atoms with Crippen molar-refractivity contribution in [2.45, 2.75) is 25.4 Å². The van der Waals surface area contributed by atoms with Crippen LogP contribution in [0.3, 0.4) is 0 Å². The molecule has 0 radical (unpaired) electrons. The topological polar surface area (TPSA) is 69.3 Å². The van der Waals surface area contributed by atoms with Crippen LogP contribution in [0.4, 0.5) is 0 Å². The Morgan fingerprint density at radius 1 is 1.11 bits per heavy atom. The van der Waals surface area contributed by atoms with Gasteiger partial charge in [0.2, 0.25) is 5.91 Å². The second-order valence-electron chi connectivity index (χ2n) is 7.29. The Kier molecular flexibility index (Phi) is 5.21. The average Bonchev–Trinajstić information content (AvgIpc) is 3.24. The second kappa shape index (κ2) is 7.94. The van der Waals surface area contributed by atoms with Crippen molar-refractivity contribution >= 4 is 16.8 Å². The fourth-order valence-electron chi connectivity index (χ4n) is 3.87. The number of H-pyrrole nitrogens is 1. The molecule has 1 N–H and O–H groups in total. The molecule has 3 aromatic rings. The molecular weight excluding hydrogens is 352 g/mol. The second-order valence-corrected chi connectivity index (χ2v) is 7.29. The molecular formula is C22H24N4O2. The third kappa shape index (κ3) is 3.68. The first-order chi connectivity index (χ1) is 13.6. The lowest BCUT2D eigenvalue weighted by Crippen LogP contribution is -2.40. The minimum absolute atomic E-state index is 0.106. The Labute approximate surface area is 163 Å². The largest absolute Gasteiger partial charge is 0.341 e. The number of nitrogens with zero attached hydrogens (tertiary/aromatic N) is 3. The van der Waals surface area contributed by atoms with Crippen molar-refractivity contribution in [3.05, 3.63) is 76.3 Å². The first-order valence-corrected chi connectivity index (χ1v) is 9.65. The molecule has 1 atom stereocenters. The lowest BCUT2D eigenvalue weighted by molar-refractivity contribution is -0.136. The SMILES string of the molecule is CN(Cc1nc2ccccc2c(=O)[nH]1)[C@H](C(=O)N1CCCC1)c1ccccc1. The molecule has 0 bridgehead atoms. The van der Waals surface area contributed by atoms with Gasteiger partial charge in [-0.05, 0) is 37.6 Å². The van der Waals surface area contributed by atoms with Gasteiger partial charge in [0.05, 0.1) is 17.4 Å². The Bertz CT molecular complexity index is 1030. The highest BCUT2D eigenvalue weighted by Crippen LogP contribution is 2.25. The van der Waals surface area contributed by atoms with Gasteiger partial charge in [-0.1, -0.05) is 42.5 Å². The number of amides is 1. The number of fused-ring (bicyclic) bond motifs is 1. The van der Waals surface area contributed by atoms with E-state index < -0.39 is 6.04 Å². The maximum Gasteiger partial charge on any atom is 0.258 e. The number of carbonyl (C=O) groups is 1. The van der Waals surface area contributed by atoms with Crippen LogP contribution >= 0.6 is 0 Å². The fraction of sp³-hybridized carbons (Fsp3) is 0.318. The monoisotopic (exact) mass is 376 g/mol. The zero-order valence-electron chi connectivity index (χ0n) is 16.0. The number of aromatic nitrogens is 2. The summed E-state index contributed by atoms with van der Waals surface area (Å²) in [5.41, 5.74) is 1.46. The van der Waals surface area contributed by atoms with E-state index in [0.29, 0.717) is 23.3 Å². The average molecular weight is 376 g/mol. The standard InChI is InChI=1S/C22H24N4O2/c1-25(15-19-23-18-12-6-5-11-17(18)21(27)24-19)20(16-9-3-2-4-10-16)22(28)26-13-7-8-14-26/h2-6,9-12,20H,7-8,13-15H2,1H3,(H,23,24,27)/t20-/m0/s1. The van der Waals surface area contributed by atoms with E-state index in [0.717, 1.165) is 31.5 Å². The van der Waals surface area contributed by atoms with E-state index in [4.69, 9.17) is 0 Å². The van der Waals surface area contributed by atoms with Gasteiger partial charge in [-0.3, -0.25) is 14.5 Å². The van der Waals surface area contributed by atoms with Gasteiger partial charge < -0.3 is 9.88 Å². The minimum Gasteiger partial charge on any atom is -0.341 e. The van der Waals surface area contributed by atoms with Gasteiger partial charge in [-0.15, -0.1) is 0 Å². The predicted octanol–water partition coefficient (Wildman–Crippen LogP) is 2.72. The van der Waals surface area contributed by atoms with Crippen molar-refractivity contribution in [2.24, 2.45) is 0 Å². The van der Waals surface area contributed by atoms with Gasteiger partial charge in [0.1, 0.15) is 11.9 Å². The van der Waals surface area contributed by atoms with Gasteiger partial charge >= 0.3 is 0 Å². The van der Waals surface area contributed by atoms with Crippen molar-refractivity contribution in [1.29, 1.82) is 0 Å². The predicted molar refractivity (Wildman–Crippen MR) is 109 cm³/mol. The van der Waals surface area contributed by atoms with Crippen LogP contribution in [0.2, 0.25) is 0 Å². The molecule has 2 aromatic carbocycles. The van der Waals surface area contributed by atoms with Crippen LogP contribution in [-0.4, -0.2) is 45.8 Å². The van der Waals surface area contributed by atoms with Crippen LogP contribution in [0.15, 0.2) is 59.4 Å². The molecule has 0 unspecified atom stereocenters.